The van der Waals surface area contributed by atoms with Crippen LogP contribution in [0.2, 0.25) is 0 Å². The predicted molar refractivity (Wildman–Crippen MR) is 88.0 cm³/mol. The highest BCUT2D eigenvalue weighted by Gasteiger charge is 2.09. The number of ether oxygens (including phenoxy) is 1. The van der Waals surface area contributed by atoms with Gasteiger partial charge in [0.25, 0.3) is 0 Å². The van der Waals surface area contributed by atoms with Gasteiger partial charge < -0.3 is 15.8 Å². The third-order valence-electron chi connectivity index (χ3n) is 2.94. The molecule has 2 rings (SSSR count). The van der Waals surface area contributed by atoms with Crippen LogP contribution in [0, 0.1) is 0 Å². The van der Waals surface area contributed by atoms with Crippen molar-refractivity contribution in [3.05, 3.63) is 46.2 Å². The summed E-state index contributed by atoms with van der Waals surface area (Å²) in [5, 5.41) is 3.34. The maximum absolute atomic E-state index is 5.82. The molecule has 2 aromatic rings. The van der Waals surface area contributed by atoms with E-state index in [1.807, 2.05) is 19.1 Å². The van der Waals surface area contributed by atoms with Gasteiger partial charge in [-0.3, -0.25) is 0 Å². The maximum Gasteiger partial charge on any atom is 0.158 e. The molecule has 0 spiro atoms. The summed E-state index contributed by atoms with van der Waals surface area (Å²) in [5.74, 6) is 1.72. The Kier molecular flexibility index (Phi) is 5.52. The number of benzene rings is 1. The van der Waals surface area contributed by atoms with E-state index in [0.29, 0.717) is 30.7 Å². The molecule has 112 valence electrons. The van der Waals surface area contributed by atoms with E-state index in [9.17, 15) is 0 Å². The van der Waals surface area contributed by atoms with E-state index in [1.165, 1.54) is 0 Å². The second kappa shape index (κ2) is 7.38. The van der Waals surface area contributed by atoms with Crippen LogP contribution in [0.15, 0.2) is 34.8 Å². The molecule has 0 radical (unpaired) electrons. The molecule has 0 aliphatic heterocycles. The Morgan fingerprint density at radius 1 is 1.33 bits per heavy atom. The molecule has 0 saturated carbocycles. The number of hydrogen-bond donors (Lipinski definition) is 2. The highest BCUT2D eigenvalue weighted by molar-refractivity contribution is 9.10. The Labute approximate surface area is 133 Å². The fourth-order valence-corrected chi connectivity index (χ4v) is 2.35. The van der Waals surface area contributed by atoms with Gasteiger partial charge in [0, 0.05) is 23.2 Å². The Morgan fingerprint density at radius 2 is 2.14 bits per heavy atom. The summed E-state index contributed by atoms with van der Waals surface area (Å²) in [5.41, 5.74) is 6.98. The molecule has 6 heteroatoms. The van der Waals surface area contributed by atoms with Crippen LogP contribution in [0.25, 0.3) is 0 Å². The number of anilines is 2. The lowest BCUT2D eigenvalue weighted by molar-refractivity contribution is 0.128. The number of hydrogen-bond acceptors (Lipinski definition) is 5. The van der Waals surface area contributed by atoms with E-state index in [2.05, 4.69) is 50.3 Å². The summed E-state index contributed by atoms with van der Waals surface area (Å²) in [4.78, 5) is 8.58. The zero-order valence-corrected chi connectivity index (χ0v) is 13.7. The molecule has 21 heavy (non-hydrogen) atoms. The van der Waals surface area contributed by atoms with Crippen molar-refractivity contribution in [2.24, 2.45) is 0 Å². The number of nitrogens with zero attached hydrogens (tertiary/aromatic N) is 2. The first-order valence-corrected chi connectivity index (χ1v) is 7.61. The molecular formula is C15H19BrN4O. The minimum absolute atomic E-state index is 0.108. The van der Waals surface area contributed by atoms with Gasteiger partial charge in [-0.25, -0.2) is 9.97 Å². The van der Waals surface area contributed by atoms with Crippen LogP contribution < -0.4 is 11.1 Å². The fourth-order valence-electron chi connectivity index (χ4n) is 1.93. The summed E-state index contributed by atoms with van der Waals surface area (Å²) < 4.78 is 6.37. The lowest BCUT2D eigenvalue weighted by Gasteiger charge is -2.16. The molecule has 1 unspecified atom stereocenters. The van der Waals surface area contributed by atoms with Gasteiger partial charge in [-0.15, -0.1) is 0 Å². The van der Waals surface area contributed by atoms with E-state index in [-0.39, 0.29) is 6.04 Å². The molecule has 0 amide bonds. The first-order chi connectivity index (χ1) is 10.1. The van der Waals surface area contributed by atoms with E-state index in [0.717, 1.165) is 10.0 Å². The lowest BCUT2D eigenvalue weighted by atomic mass is 10.1. The standard InChI is InChI=1S/C15H19BrN4O/c1-3-21-9-15-19-13(17)8-14(20-15)18-10(2)11-5-4-6-12(16)7-11/h4-8,10H,3,9H2,1-2H3,(H3,17,18,19,20). The number of nitrogen functional groups attached to an aromatic ring is 1. The van der Waals surface area contributed by atoms with Crippen molar-refractivity contribution in [3.63, 3.8) is 0 Å². The summed E-state index contributed by atoms with van der Waals surface area (Å²) >= 11 is 3.48. The molecule has 0 aliphatic rings. The summed E-state index contributed by atoms with van der Waals surface area (Å²) in [7, 11) is 0. The molecule has 0 fully saturated rings. The summed E-state index contributed by atoms with van der Waals surface area (Å²) in [6, 6.07) is 9.98. The number of aromatic nitrogens is 2. The van der Waals surface area contributed by atoms with Gasteiger partial charge in [-0.2, -0.15) is 0 Å². The fraction of sp³-hybridized carbons (Fsp3) is 0.333. The van der Waals surface area contributed by atoms with Crippen molar-refractivity contribution in [1.29, 1.82) is 0 Å². The molecule has 1 atom stereocenters. The minimum Gasteiger partial charge on any atom is -0.384 e. The third-order valence-corrected chi connectivity index (χ3v) is 3.43. The van der Waals surface area contributed by atoms with Crippen LogP contribution in [-0.4, -0.2) is 16.6 Å². The normalized spacial score (nSPS) is 12.1. The molecule has 1 aromatic carbocycles. The van der Waals surface area contributed by atoms with Gasteiger partial charge in [0.2, 0.25) is 0 Å². The molecule has 3 N–H and O–H groups in total. The van der Waals surface area contributed by atoms with Crippen LogP contribution >= 0.6 is 15.9 Å². The van der Waals surface area contributed by atoms with Gasteiger partial charge in [0.05, 0.1) is 0 Å². The quantitative estimate of drug-likeness (QED) is 0.833. The van der Waals surface area contributed by atoms with E-state index < -0.39 is 0 Å². The van der Waals surface area contributed by atoms with Crippen molar-refractivity contribution in [2.45, 2.75) is 26.5 Å². The highest BCUT2D eigenvalue weighted by atomic mass is 79.9. The Bertz CT molecular complexity index is 606. The minimum atomic E-state index is 0.108. The molecule has 0 bridgehead atoms. The van der Waals surface area contributed by atoms with Crippen LogP contribution in [-0.2, 0) is 11.3 Å². The van der Waals surface area contributed by atoms with Crippen molar-refractivity contribution >= 4 is 27.6 Å². The van der Waals surface area contributed by atoms with Crippen LogP contribution in [0.1, 0.15) is 31.3 Å². The van der Waals surface area contributed by atoms with Crippen LogP contribution in [0.3, 0.4) is 0 Å². The Morgan fingerprint density at radius 3 is 2.86 bits per heavy atom. The first kappa shape index (κ1) is 15.7. The Balaban J connectivity index is 2.13. The molecule has 0 saturated heterocycles. The maximum atomic E-state index is 5.82. The van der Waals surface area contributed by atoms with Gasteiger partial charge >= 0.3 is 0 Å². The van der Waals surface area contributed by atoms with E-state index in [1.54, 1.807) is 6.07 Å². The van der Waals surface area contributed by atoms with Crippen molar-refractivity contribution < 1.29 is 4.74 Å². The number of nitrogens with two attached hydrogens (primary N) is 1. The smallest absolute Gasteiger partial charge is 0.158 e. The molecule has 1 heterocycles. The van der Waals surface area contributed by atoms with Crippen molar-refractivity contribution in [1.82, 2.24) is 9.97 Å². The molecule has 5 nitrogen and oxygen atoms in total. The largest absolute Gasteiger partial charge is 0.384 e. The highest BCUT2D eigenvalue weighted by Crippen LogP contribution is 2.22. The SMILES string of the molecule is CCOCc1nc(N)cc(NC(C)c2cccc(Br)c2)n1. The van der Waals surface area contributed by atoms with Crippen molar-refractivity contribution in [2.75, 3.05) is 17.7 Å². The average Bonchev–Trinajstić information content (AvgIpc) is 2.44. The second-order valence-electron chi connectivity index (χ2n) is 4.65. The topological polar surface area (TPSA) is 73.1 Å². The summed E-state index contributed by atoms with van der Waals surface area (Å²) in [6.45, 7) is 4.99. The predicted octanol–water partition coefficient (Wildman–Crippen LogP) is 3.53. The van der Waals surface area contributed by atoms with E-state index >= 15 is 0 Å². The molecule has 1 aromatic heterocycles. The third kappa shape index (κ3) is 4.68. The summed E-state index contributed by atoms with van der Waals surface area (Å²) in [6.07, 6.45) is 0. The molecular weight excluding hydrogens is 332 g/mol. The van der Waals surface area contributed by atoms with Gasteiger partial charge in [0.15, 0.2) is 5.82 Å². The zero-order valence-electron chi connectivity index (χ0n) is 12.1. The van der Waals surface area contributed by atoms with Gasteiger partial charge in [-0.05, 0) is 31.5 Å². The molecule has 0 aliphatic carbocycles. The Hall–Kier alpha value is -1.66. The van der Waals surface area contributed by atoms with Crippen LogP contribution in [0.5, 0.6) is 0 Å². The zero-order chi connectivity index (χ0) is 15.2. The number of nitrogens with one attached hydrogen (secondary N) is 1. The van der Waals surface area contributed by atoms with E-state index in [4.69, 9.17) is 10.5 Å². The van der Waals surface area contributed by atoms with Gasteiger partial charge in [0.1, 0.15) is 18.2 Å². The first-order valence-electron chi connectivity index (χ1n) is 6.81. The monoisotopic (exact) mass is 350 g/mol. The lowest BCUT2D eigenvalue weighted by Crippen LogP contribution is -2.11. The number of rotatable bonds is 6. The van der Waals surface area contributed by atoms with Crippen molar-refractivity contribution in [3.8, 4) is 0 Å². The number of halogens is 1. The average molecular weight is 351 g/mol. The second-order valence-corrected chi connectivity index (χ2v) is 5.57. The van der Waals surface area contributed by atoms with Gasteiger partial charge in [-0.1, -0.05) is 28.1 Å². The van der Waals surface area contributed by atoms with Crippen LogP contribution in [0.4, 0.5) is 11.6 Å².